The van der Waals surface area contributed by atoms with Crippen molar-refractivity contribution in [1.29, 1.82) is 0 Å². The second kappa shape index (κ2) is 7.14. The normalized spacial score (nSPS) is 16.4. The minimum Gasteiger partial charge on any atom is -0.355 e. The fourth-order valence-electron chi connectivity index (χ4n) is 3.80. The van der Waals surface area contributed by atoms with E-state index in [-0.39, 0.29) is 11.9 Å². The van der Waals surface area contributed by atoms with Gasteiger partial charge < -0.3 is 10.6 Å². The molecule has 146 valence electrons. The van der Waals surface area contributed by atoms with Crippen molar-refractivity contribution in [3.63, 3.8) is 0 Å². The summed E-state index contributed by atoms with van der Waals surface area (Å²) in [6, 6.07) is 13.7. The van der Waals surface area contributed by atoms with Crippen molar-refractivity contribution in [1.82, 2.24) is 36.0 Å². The average Bonchev–Trinajstić information content (AvgIpc) is 3.52. The number of benzene rings is 2. The molecule has 0 bridgehead atoms. The van der Waals surface area contributed by atoms with Crippen LogP contribution in [-0.2, 0) is 0 Å². The highest BCUT2D eigenvalue weighted by Crippen LogP contribution is 2.30. The summed E-state index contributed by atoms with van der Waals surface area (Å²) in [4.78, 5) is 16.7. The third-order valence-corrected chi connectivity index (χ3v) is 5.34. The number of hydrogen-bond acceptors (Lipinski definition) is 5. The summed E-state index contributed by atoms with van der Waals surface area (Å²) >= 11 is 0. The lowest BCUT2D eigenvalue weighted by atomic mass is 10.0. The van der Waals surface area contributed by atoms with Gasteiger partial charge in [0.05, 0.1) is 17.3 Å². The van der Waals surface area contributed by atoms with Crippen molar-refractivity contribution in [2.75, 3.05) is 13.6 Å². The topological polar surface area (TPSA) is 111 Å². The molecule has 4 N–H and O–H groups in total. The lowest BCUT2D eigenvalue weighted by molar-refractivity contribution is 0.0963. The number of aromatic nitrogens is 5. The van der Waals surface area contributed by atoms with E-state index in [9.17, 15) is 4.79 Å². The van der Waals surface area contributed by atoms with Crippen molar-refractivity contribution in [2.24, 2.45) is 0 Å². The van der Waals surface area contributed by atoms with Crippen molar-refractivity contribution < 1.29 is 4.79 Å². The van der Waals surface area contributed by atoms with Gasteiger partial charge in [-0.25, -0.2) is 4.98 Å². The molecule has 5 rings (SSSR count). The Labute approximate surface area is 167 Å². The number of amides is 1. The molecule has 0 saturated carbocycles. The van der Waals surface area contributed by atoms with Crippen LogP contribution in [0.15, 0.2) is 42.5 Å². The lowest BCUT2D eigenvalue weighted by Crippen LogP contribution is -2.17. The molecule has 1 aliphatic rings. The Bertz CT molecular complexity index is 1190. The number of rotatable bonds is 4. The molecule has 1 saturated heterocycles. The minimum absolute atomic E-state index is 0.123. The molecule has 0 spiro atoms. The van der Waals surface area contributed by atoms with E-state index in [1.165, 1.54) is 0 Å². The van der Waals surface area contributed by atoms with E-state index in [4.69, 9.17) is 4.98 Å². The summed E-state index contributed by atoms with van der Waals surface area (Å²) in [6.45, 7) is 1.01. The van der Waals surface area contributed by atoms with Gasteiger partial charge in [-0.05, 0) is 49.7 Å². The zero-order valence-electron chi connectivity index (χ0n) is 16.0. The quantitative estimate of drug-likeness (QED) is 0.430. The van der Waals surface area contributed by atoms with Crippen molar-refractivity contribution >= 4 is 16.8 Å². The predicted molar refractivity (Wildman–Crippen MR) is 110 cm³/mol. The molecule has 8 heteroatoms. The Balaban J connectivity index is 1.54. The molecule has 29 heavy (non-hydrogen) atoms. The Morgan fingerprint density at radius 2 is 2.03 bits per heavy atom. The Morgan fingerprint density at radius 3 is 2.86 bits per heavy atom. The van der Waals surface area contributed by atoms with Crippen LogP contribution in [0, 0.1) is 0 Å². The Kier molecular flexibility index (Phi) is 4.33. The van der Waals surface area contributed by atoms with Crippen LogP contribution in [0.4, 0.5) is 0 Å². The molecule has 0 radical (unpaired) electrons. The summed E-state index contributed by atoms with van der Waals surface area (Å²) in [5, 5.41) is 22.1. The van der Waals surface area contributed by atoms with Gasteiger partial charge >= 0.3 is 0 Å². The molecule has 2 aromatic carbocycles. The van der Waals surface area contributed by atoms with Gasteiger partial charge in [0, 0.05) is 29.1 Å². The van der Waals surface area contributed by atoms with E-state index in [1.807, 2.05) is 36.4 Å². The lowest BCUT2D eigenvalue weighted by Gasteiger charge is -2.04. The minimum atomic E-state index is -0.123. The van der Waals surface area contributed by atoms with Crippen LogP contribution in [0.1, 0.15) is 35.1 Å². The Morgan fingerprint density at radius 1 is 1.10 bits per heavy atom. The molecular weight excluding hydrogens is 366 g/mol. The van der Waals surface area contributed by atoms with E-state index in [2.05, 4.69) is 31.0 Å². The highest BCUT2D eigenvalue weighted by Gasteiger charge is 2.21. The standard InChI is InChI=1S/C21H21N7O/c1-22-21(29)14-5-2-4-12(10-14)18-15-11-13(7-8-16(15)25-26-18)19-24-20(28-27-19)17-6-3-9-23-17/h2,4-5,7-8,10-11,17,23H,3,6,9H2,1H3,(H,22,29)(H,25,26)(H,24,27,28). The van der Waals surface area contributed by atoms with Gasteiger partial charge in [0.1, 0.15) is 0 Å². The molecular formula is C21H21N7O. The van der Waals surface area contributed by atoms with Gasteiger partial charge in [0.15, 0.2) is 11.6 Å². The van der Waals surface area contributed by atoms with Gasteiger partial charge in [0.25, 0.3) is 5.91 Å². The third-order valence-electron chi connectivity index (χ3n) is 5.34. The van der Waals surface area contributed by atoms with Gasteiger partial charge in [0.2, 0.25) is 0 Å². The number of aromatic amines is 2. The largest absolute Gasteiger partial charge is 0.355 e. The highest BCUT2D eigenvalue weighted by atomic mass is 16.1. The third kappa shape index (κ3) is 3.17. The van der Waals surface area contributed by atoms with E-state index in [0.29, 0.717) is 5.56 Å². The van der Waals surface area contributed by atoms with Crippen LogP contribution in [0.3, 0.4) is 0 Å². The highest BCUT2D eigenvalue weighted by molar-refractivity contribution is 5.98. The smallest absolute Gasteiger partial charge is 0.251 e. The number of nitrogens with zero attached hydrogens (tertiary/aromatic N) is 3. The number of fused-ring (bicyclic) bond motifs is 1. The predicted octanol–water partition coefficient (Wildman–Crippen LogP) is 2.80. The summed E-state index contributed by atoms with van der Waals surface area (Å²) in [6.07, 6.45) is 2.21. The monoisotopic (exact) mass is 387 g/mol. The fraction of sp³-hybridized carbons (Fsp3) is 0.238. The molecule has 0 aliphatic carbocycles. The second-order valence-corrected chi connectivity index (χ2v) is 7.18. The van der Waals surface area contributed by atoms with Crippen LogP contribution in [0.25, 0.3) is 33.5 Å². The first-order chi connectivity index (χ1) is 14.2. The van der Waals surface area contributed by atoms with Crippen LogP contribution >= 0.6 is 0 Å². The van der Waals surface area contributed by atoms with Crippen molar-refractivity contribution in [2.45, 2.75) is 18.9 Å². The maximum Gasteiger partial charge on any atom is 0.251 e. The molecule has 4 aromatic rings. The van der Waals surface area contributed by atoms with Crippen LogP contribution in [-0.4, -0.2) is 44.9 Å². The van der Waals surface area contributed by atoms with E-state index in [0.717, 1.165) is 58.8 Å². The van der Waals surface area contributed by atoms with Gasteiger partial charge in [-0.15, -0.1) is 0 Å². The van der Waals surface area contributed by atoms with E-state index >= 15 is 0 Å². The maximum absolute atomic E-state index is 12.0. The first-order valence-corrected chi connectivity index (χ1v) is 9.69. The van der Waals surface area contributed by atoms with Gasteiger partial charge in [-0.2, -0.15) is 10.2 Å². The molecule has 1 atom stereocenters. The molecule has 3 heterocycles. The van der Waals surface area contributed by atoms with Crippen LogP contribution in [0.5, 0.6) is 0 Å². The summed E-state index contributed by atoms with van der Waals surface area (Å²) < 4.78 is 0. The number of hydrogen-bond donors (Lipinski definition) is 4. The van der Waals surface area contributed by atoms with Crippen molar-refractivity contribution in [3.8, 4) is 22.6 Å². The van der Waals surface area contributed by atoms with Gasteiger partial charge in [-0.1, -0.05) is 12.1 Å². The van der Waals surface area contributed by atoms with Gasteiger partial charge in [-0.3, -0.25) is 15.0 Å². The zero-order valence-corrected chi connectivity index (χ0v) is 16.0. The van der Waals surface area contributed by atoms with E-state index in [1.54, 1.807) is 13.1 Å². The number of carbonyl (C=O) groups excluding carboxylic acids is 1. The van der Waals surface area contributed by atoms with E-state index < -0.39 is 0 Å². The summed E-state index contributed by atoms with van der Waals surface area (Å²) in [5.41, 5.74) is 4.14. The summed E-state index contributed by atoms with van der Waals surface area (Å²) in [5.74, 6) is 1.42. The molecule has 1 unspecified atom stereocenters. The molecule has 8 nitrogen and oxygen atoms in total. The van der Waals surface area contributed by atoms with Crippen LogP contribution in [0.2, 0.25) is 0 Å². The maximum atomic E-state index is 12.0. The zero-order chi connectivity index (χ0) is 19.8. The first kappa shape index (κ1) is 17.6. The molecule has 1 aliphatic heterocycles. The molecule has 1 fully saturated rings. The van der Waals surface area contributed by atoms with Crippen LogP contribution < -0.4 is 10.6 Å². The SMILES string of the molecule is CNC(=O)c1cccc(-c2n[nH]c3ccc(-c4nc(C5CCCN5)n[nH]4)cc23)c1. The second-order valence-electron chi connectivity index (χ2n) is 7.18. The Hall–Kier alpha value is -3.52. The number of nitrogens with one attached hydrogen (secondary N) is 4. The fourth-order valence-corrected chi connectivity index (χ4v) is 3.80. The number of carbonyl (C=O) groups is 1. The number of H-pyrrole nitrogens is 2. The molecule has 2 aromatic heterocycles. The summed E-state index contributed by atoms with van der Waals surface area (Å²) in [7, 11) is 1.62. The average molecular weight is 387 g/mol. The van der Waals surface area contributed by atoms with Crippen molar-refractivity contribution in [3.05, 3.63) is 53.9 Å². The first-order valence-electron chi connectivity index (χ1n) is 9.69. The molecule has 1 amide bonds.